The maximum absolute atomic E-state index is 12.0. The summed E-state index contributed by atoms with van der Waals surface area (Å²) in [6.45, 7) is 0.566. The van der Waals surface area contributed by atoms with E-state index in [0.717, 1.165) is 11.8 Å². The van der Waals surface area contributed by atoms with Crippen LogP contribution in [0, 0.1) is 10.1 Å². The Balaban J connectivity index is 2.92. The minimum absolute atomic E-state index is 0.134. The maximum Gasteiger partial charge on any atom is 0.282 e. The van der Waals surface area contributed by atoms with Crippen LogP contribution in [0.15, 0.2) is 24.3 Å². The third-order valence-electron chi connectivity index (χ3n) is 2.31. The van der Waals surface area contributed by atoms with Crippen LogP contribution in [0.1, 0.15) is 16.8 Å². The molecule has 0 aliphatic carbocycles. The van der Waals surface area contributed by atoms with Crippen molar-refractivity contribution in [3.8, 4) is 0 Å². The highest BCUT2D eigenvalue weighted by molar-refractivity contribution is 9.09. The summed E-state index contributed by atoms with van der Waals surface area (Å²) in [6, 6.07) is 5.99. The Morgan fingerprint density at radius 2 is 2.12 bits per heavy atom. The van der Waals surface area contributed by atoms with Crippen molar-refractivity contribution in [1.82, 2.24) is 4.90 Å². The third-order valence-corrected chi connectivity index (χ3v) is 2.87. The maximum atomic E-state index is 12.0. The van der Waals surface area contributed by atoms with Gasteiger partial charge in [-0.25, -0.2) is 0 Å². The van der Waals surface area contributed by atoms with Gasteiger partial charge in [0, 0.05) is 25.0 Å². The van der Waals surface area contributed by atoms with E-state index in [0.29, 0.717) is 6.54 Å². The predicted octanol–water partition coefficient (Wildman–Crippen LogP) is 2.45. The second-order valence-electron chi connectivity index (χ2n) is 3.54. The summed E-state index contributed by atoms with van der Waals surface area (Å²) >= 11 is 3.27. The number of nitro benzene ring substituents is 1. The molecule has 6 heteroatoms. The lowest BCUT2D eigenvalue weighted by molar-refractivity contribution is -0.385. The normalized spacial score (nSPS) is 10.0. The quantitative estimate of drug-likeness (QED) is 0.477. The first kappa shape index (κ1) is 13.6. The van der Waals surface area contributed by atoms with E-state index >= 15 is 0 Å². The van der Waals surface area contributed by atoms with Gasteiger partial charge < -0.3 is 4.90 Å². The number of carbonyl (C=O) groups is 1. The number of hydrogen-bond acceptors (Lipinski definition) is 3. The van der Waals surface area contributed by atoms with Gasteiger partial charge in [-0.3, -0.25) is 14.9 Å². The lowest BCUT2D eigenvalue weighted by Crippen LogP contribution is -2.28. The summed E-state index contributed by atoms with van der Waals surface area (Å²) in [5.41, 5.74) is -0.0160. The van der Waals surface area contributed by atoms with Crippen LogP contribution in [0.5, 0.6) is 0 Å². The first-order valence-electron chi connectivity index (χ1n) is 5.12. The molecule has 92 valence electrons. The molecule has 0 radical (unpaired) electrons. The van der Waals surface area contributed by atoms with Gasteiger partial charge in [-0.1, -0.05) is 28.1 Å². The zero-order valence-electron chi connectivity index (χ0n) is 9.43. The van der Waals surface area contributed by atoms with Crippen molar-refractivity contribution >= 4 is 27.5 Å². The second kappa shape index (κ2) is 6.34. The molecule has 0 aliphatic heterocycles. The predicted molar refractivity (Wildman–Crippen MR) is 68.5 cm³/mol. The molecule has 0 aliphatic rings. The Morgan fingerprint density at radius 1 is 1.47 bits per heavy atom. The molecule has 0 saturated heterocycles. The molecule has 1 rings (SSSR count). The van der Waals surface area contributed by atoms with Gasteiger partial charge in [-0.15, -0.1) is 0 Å². The Bertz CT molecular complexity index is 423. The van der Waals surface area contributed by atoms with Crippen molar-refractivity contribution in [2.75, 3.05) is 18.9 Å². The summed E-state index contributed by atoms with van der Waals surface area (Å²) in [7, 11) is 1.64. The molecule has 0 unspecified atom stereocenters. The van der Waals surface area contributed by atoms with Crippen LogP contribution < -0.4 is 0 Å². The molecule has 5 nitrogen and oxygen atoms in total. The van der Waals surface area contributed by atoms with E-state index in [1.807, 2.05) is 0 Å². The molecule has 0 aromatic heterocycles. The zero-order chi connectivity index (χ0) is 12.8. The van der Waals surface area contributed by atoms with Gasteiger partial charge in [0.05, 0.1) is 4.92 Å². The van der Waals surface area contributed by atoms with Gasteiger partial charge in [-0.2, -0.15) is 0 Å². The Kier molecular flexibility index (Phi) is 5.09. The topological polar surface area (TPSA) is 63.5 Å². The summed E-state index contributed by atoms with van der Waals surface area (Å²) < 4.78 is 0. The van der Waals surface area contributed by atoms with Crippen LogP contribution in [-0.2, 0) is 0 Å². The standard InChI is InChI=1S/C11H13BrN2O3/c1-13(8-4-7-12)11(15)9-5-2-3-6-10(9)14(16)17/h2-3,5-6H,4,7-8H2,1H3. The van der Waals surface area contributed by atoms with Crippen LogP contribution in [0.25, 0.3) is 0 Å². The van der Waals surface area contributed by atoms with Gasteiger partial charge >= 0.3 is 0 Å². The van der Waals surface area contributed by atoms with Crippen molar-refractivity contribution in [3.63, 3.8) is 0 Å². The largest absolute Gasteiger partial charge is 0.341 e. The molecular formula is C11H13BrN2O3. The Morgan fingerprint density at radius 3 is 2.71 bits per heavy atom. The van der Waals surface area contributed by atoms with Crippen LogP contribution in [0.2, 0.25) is 0 Å². The van der Waals surface area contributed by atoms with Crippen LogP contribution in [-0.4, -0.2) is 34.7 Å². The minimum Gasteiger partial charge on any atom is -0.341 e. The lowest BCUT2D eigenvalue weighted by Gasteiger charge is -2.16. The summed E-state index contributed by atoms with van der Waals surface area (Å²) in [5, 5.41) is 11.6. The molecule has 1 aromatic rings. The molecule has 0 atom stereocenters. The van der Waals surface area contributed by atoms with E-state index in [2.05, 4.69) is 15.9 Å². The molecule has 0 fully saturated rings. The van der Waals surface area contributed by atoms with Crippen LogP contribution in [0.4, 0.5) is 5.69 Å². The van der Waals surface area contributed by atoms with E-state index in [-0.39, 0.29) is 17.2 Å². The summed E-state index contributed by atoms with van der Waals surface area (Å²) in [4.78, 5) is 23.7. The lowest BCUT2D eigenvalue weighted by atomic mass is 10.1. The number of carbonyl (C=O) groups excluding carboxylic acids is 1. The molecule has 0 saturated carbocycles. The fraction of sp³-hybridized carbons (Fsp3) is 0.364. The van der Waals surface area contributed by atoms with Crippen molar-refractivity contribution in [3.05, 3.63) is 39.9 Å². The van der Waals surface area contributed by atoms with Crippen molar-refractivity contribution in [2.45, 2.75) is 6.42 Å². The highest BCUT2D eigenvalue weighted by atomic mass is 79.9. The SMILES string of the molecule is CN(CCCBr)C(=O)c1ccccc1[N+](=O)[O-]. The van der Waals surface area contributed by atoms with E-state index in [1.165, 1.54) is 17.0 Å². The van der Waals surface area contributed by atoms with Crippen molar-refractivity contribution in [1.29, 1.82) is 0 Å². The van der Waals surface area contributed by atoms with E-state index in [4.69, 9.17) is 0 Å². The van der Waals surface area contributed by atoms with Crippen LogP contribution in [0.3, 0.4) is 0 Å². The smallest absolute Gasteiger partial charge is 0.282 e. The van der Waals surface area contributed by atoms with Gasteiger partial charge in [0.25, 0.3) is 11.6 Å². The highest BCUT2D eigenvalue weighted by Gasteiger charge is 2.21. The molecule has 0 N–H and O–H groups in total. The van der Waals surface area contributed by atoms with Crippen LogP contribution >= 0.6 is 15.9 Å². The highest BCUT2D eigenvalue weighted by Crippen LogP contribution is 2.19. The van der Waals surface area contributed by atoms with Crippen molar-refractivity contribution < 1.29 is 9.72 Å². The van der Waals surface area contributed by atoms with Gasteiger partial charge in [0.15, 0.2) is 0 Å². The number of para-hydroxylation sites is 1. The fourth-order valence-electron chi connectivity index (χ4n) is 1.42. The van der Waals surface area contributed by atoms with E-state index in [1.54, 1.807) is 19.2 Å². The average molecular weight is 301 g/mol. The van der Waals surface area contributed by atoms with Crippen molar-refractivity contribution in [2.24, 2.45) is 0 Å². The number of nitro groups is 1. The Labute approximate surface area is 108 Å². The fourth-order valence-corrected chi connectivity index (χ4v) is 1.67. The first-order chi connectivity index (χ1) is 8.07. The zero-order valence-corrected chi connectivity index (χ0v) is 11.0. The summed E-state index contributed by atoms with van der Waals surface area (Å²) in [5.74, 6) is -0.321. The number of amides is 1. The van der Waals surface area contributed by atoms with E-state index in [9.17, 15) is 14.9 Å². The first-order valence-corrected chi connectivity index (χ1v) is 6.25. The van der Waals surface area contributed by atoms with E-state index < -0.39 is 4.92 Å². The number of benzene rings is 1. The molecule has 1 amide bonds. The molecular weight excluding hydrogens is 288 g/mol. The number of alkyl halides is 1. The number of rotatable bonds is 5. The summed E-state index contributed by atoms with van der Waals surface area (Å²) in [6.07, 6.45) is 0.808. The molecule has 0 spiro atoms. The average Bonchev–Trinajstić information content (AvgIpc) is 2.34. The van der Waals surface area contributed by atoms with Gasteiger partial charge in [0.1, 0.15) is 5.56 Å². The number of nitrogens with zero attached hydrogens (tertiary/aromatic N) is 2. The monoisotopic (exact) mass is 300 g/mol. The molecule has 0 heterocycles. The molecule has 17 heavy (non-hydrogen) atoms. The molecule has 0 bridgehead atoms. The number of halogens is 1. The number of hydrogen-bond donors (Lipinski definition) is 0. The van der Waals surface area contributed by atoms with Gasteiger partial charge in [0.2, 0.25) is 0 Å². The third kappa shape index (κ3) is 3.52. The minimum atomic E-state index is -0.536. The molecule has 1 aromatic carbocycles. The Hall–Kier alpha value is -1.43. The second-order valence-corrected chi connectivity index (χ2v) is 4.34. The van der Waals surface area contributed by atoms with Gasteiger partial charge in [-0.05, 0) is 12.5 Å².